The van der Waals surface area contributed by atoms with E-state index in [0.717, 1.165) is 6.07 Å². The first-order valence-corrected chi connectivity index (χ1v) is 9.69. The summed E-state index contributed by atoms with van der Waals surface area (Å²) in [6.07, 6.45) is 3.32. The molecule has 0 radical (unpaired) electrons. The van der Waals surface area contributed by atoms with Crippen LogP contribution in [0.5, 0.6) is 0 Å². The lowest BCUT2D eigenvalue weighted by atomic mass is 10.0. The van der Waals surface area contributed by atoms with Gasteiger partial charge in [-0.1, -0.05) is 12.1 Å². The maximum Gasteiger partial charge on any atom is 0.225 e. The van der Waals surface area contributed by atoms with Gasteiger partial charge in [-0.15, -0.1) is 0 Å². The number of piperazine rings is 1. The van der Waals surface area contributed by atoms with Gasteiger partial charge in [-0.05, 0) is 24.3 Å². The summed E-state index contributed by atoms with van der Waals surface area (Å²) < 4.78 is 27.0. The molecule has 0 N–H and O–H groups in total. The average Bonchev–Trinajstić information content (AvgIpc) is 2.78. The SMILES string of the molecule is N#CC(c1ccccn1)c1ccnc(N2CCN(Cc3ccc(F)cc3F)CC2)n1. The van der Waals surface area contributed by atoms with Crippen molar-refractivity contribution in [3.05, 3.63) is 83.4 Å². The molecule has 152 valence electrons. The molecular weight excluding hydrogens is 386 g/mol. The van der Waals surface area contributed by atoms with Crippen LogP contribution in [0.2, 0.25) is 0 Å². The van der Waals surface area contributed by atoms with Gasteiger partial charge in [0.2, 0.25) is 5.95 Å². The van der Waals surface area contributed by atoms with E-state index in [-0.39, 0.29) is 0 Å². The number of nitrogens with zero attached hydrogens (tertiary/aromatic N) is 6. The summed E-state index contributed by atoms with van der Waals surface area (Å²) in [5, 5.41) is 9.62. The van der Waals surface area contributed by atoms with E-state index in [4.69, 9.17) is 0 Å². The van der Waals surface area contributed by atoms with Crippen LogP contribution in [0.3, 0.4) is 0 Å². The Kier molecular flexibility index (Phi) is 5.91. The van der Waals surface area contributed by atoms with Gasteiger partial charge in [0.25, 0.3) is 0 Å². The van der Waals surface area contributed by atoms with E-state index >= 15 is 0 Å². The highest BCUT2D eigenvalue weighted by Crippen LogP contribution is 2.22. The Morgan fingerprint density at radius 1 is 0.967 bits per heavy atom. The van der Waals surface area contributed by atoms with Gasteiger partial charge < -0.3 is 4.90 Å². The molecule has 3 heterocycles. The minimum Gasteiger partial charge on any atom is -0.338 e. The van der Waals surface area contributed by atoms with Gasteiger partial charge in [-0.25, -0.2) is 18.7 Å². The highest BCUT2D eigenvalue weighted by atomic mass is 19.1. The summed E-state index contributed by atoms with van der Waals surface area (Å²) in [5.74, 6) is -1.09. The maximum atomic E-state index is 13.9. The molecule has 2 aromatic heterocycles. The first-order valence-electron chi connectivity index (χ1n) is 9.69. The Bertz CT molecular complexity index is 1040. The number of nitriles is 1. The van der Waals surface area contributed by atoms with Gasteiger partial charge >= 0.3 is 0 Å². The zero-order chi connectivity index (χ0) is 20.9. The second-order valence-electron chi connectivity index (χ2n) is 7.10. The number of hydrogen-bond donors (Lipinski definition) is 0. The monoisotopic (exact) mass is 406 g/mol. The Balaban J connectivity index is 1.43. The molecule has 6 nitrogen and oxygen atoms in total. The maximum absolute atomic E-state index is 13.9. The van der Waals surface area contributed by atoms with E-state index < -0.39 is 17.6 Å². The fourth-order valence-corrected chi connectivity index (χ4v) is 3.50. The van der Waals surface area contributed by atoms with Crippen LogP contribution in [0.4, 0.5) is 14.7 Å². The van der Waals surface area contributed by atoms with Gasteiger partial charge in [0.1, 0.15) is 17.6 Å². The van der Waals surface area contributed by atoms with Gasteiger partial charge in [0.05, 0.1) is 17.5 Å². The fourth-order valence-electron chi connectivity index (χ4n) is 3.50. The molecule has 1 unspecified atom stereocenters. The molecule has 1 aliphatic rings. The van der Waals surface area contributed by atoms with Gasteiger partial charge in [-0.3, -0.25) is 9.88 Å². The average molecular weight is 406 g/mol. The van der Waals surface area contributed by atoms with Crippen LogP contribution in [0.1, 0.15) is 22.9 Å². The normalized spacial score (nSPS) is 15.6. The summed E-state index contributed by atoms with van der Waals surface area (Å²) in [6.45, 7) is 3.18. The summed E-state index contributed by atoms with van der Waals surface area (Å²) in [7, 11) is 0. The van der Waals surface area contributed by atoms with E-state index in [2.05, 4.69) is 25.9 Å². The van der Waals surface area contributed by atoms with Crippen molar-refractivity contribution in [1.82, 2.24) is 19.9 Å². The van der Waals surface area contributed by atoms with Crippen molar-refractivity contribution in [2.45, 2.75) is 12.5 Å². The van der Waals surface area contributed by atoms with Crippen LogP contribution in [0.15, 0.2) is 54.9 Å². The van der Waals surface area contributed by atoms with Crippen molar-refractivity contribution in [3.63, 3.8) is 0 Å². The Morgan fingerprint density at radius 2 is 1.80 bits per heavy atom. The van der Waals surface area contributed by atoms with E-state index in [9.17, 15) is 14.0 Å². The van der Waals surface area contributed by atoms with E-state index in [1.165, 1.54) is 12.1 Å². The first kappa shape index (κ1) is 19.9. The Labute approximate surface area is 173 Å². The molecular formula is C22H20F2N6. The van der Waals surface area contributed by atoms with E-state index in [0.29, 0.717) is 55.6 Å². The highest BCUT2D eigenvalue weighted by Gasteiger charge is 2.22. The van der Waals surface area contributed by atoms with Crippen LogP contribution >= 0.6 is 0 Å². The largest absolute Gasteiger partial charge is 0.338 e. The molecule has 1 saturated heterocycles. The topological polar surface area (TPSA) is 68.9 Å². The van der Waals surface area contributed by atoms with Crippen LogP contribution in [-0.2, 0) is 6.54 Å². The summed E-state index contributed by atoms with van der Waals surface area (Å²) in [4.78, 5) is 17.4. The quantitative estimate of drug-likeness (QED) is 0.649. The summed E-state index contributed by atoms with van der Waals surface area (Å²) in [5.41, 5.74) is 1.74. The molecule has 30 heavy (non-hydrogen) atoms. The predicted octanol–water partition coefficient (Wildman–Crippen LogP) is 3.13. The van der Waals surface area contributed by atoms with Crippen molar-refractivity contribution in [1.29, 1.82) is 5.26 Å². The molecule has 1 atom stereocenters. The van der Waals surface area contributed by atoms with Crippen LogP contribution in [-0.4, -0.2) is 46.0 Å². The van der Waals surface area contributed by atoms with Crippen molar-refractivity contribution in [2.24, 2.45) is 0 Å². The number of benzene rings is 1. The standard InChI is InChI=1S/C22H20F2N6/c23-17-5-4-16(19(24)13-17)15-29-9-11-30(12-10-29)22-27-8-6-21(28-22)18(14-25)20-3-1-2-7-26-20/h1-8,13,18H,9-12,15H2. The molecule has 0 saturated carbocycles. The van der Waals surface area contributed by atoms with E-state index in [1.807, 2.05) is 17.0 Å². The van der Waals surface area contributed by atoms with Crippen LogP contribution in [0, 0.1) is 23.0 Å². The van der Waals surface area contributed by atoms with Crippen LogP contribution in [0.25, 0.3) is 0 Å². The highest BCUT2D eigenvalue weighted by molar-refractivity contribution is 5.36. The third-order valence-electron chi connectivity index (χ3n) is 5.14. The lowest BCUT2D eigenvalue weighted by Gasteiger charge is -2.34. The van der Waals surface area contributed by atoms with Gasteiger partial charge in [-0.2, -0.15) is 5.26 Å². The first-order chi connectivity index (χ1) is 14.6. The third-order valence-corrected chi connectivity index (χ3v) is 5.14. The number of pyridine rings is 1. The molecule has 1 aromatic carbocycles. The third kappa shape index (κ3) is 4.42. The van der Waals surface area contributed by atoms with Crippen molar-refractivity contribution < 1.29 is 8.78 Å². The molecule has 4 rings (SSSR count). The molecule has 3 aromatic rings. The second kappa shape index (κ2) is 8.93. The lowest BCUT2D eigenvalue weighted by molar-refractivity contribution is 0.245. The summed E-state index contributed by atoms with van der Waals surface area (Å²) in [6, 6.07) is 13.1. The lowest BCUT2D eigenvalue weighted by Crippen LogP contribution is -2.46. The Morgan fingerprint density at radius 3 is 2.50 bits per heavy atom. The van der Waals surface area contributed by atoms with Crippen LogP contribution < -0.4 is 4.90 Å². The molecule has 0 spiro atoms. The predicted molar refractivity (Wildman–Crippen MR) is 108 cm³/mol. The number of aromatic nitrogens is 3. The molecule has 0 bridgehead atoms. The molecule has 1 aliphatic heterocycles. The minimum absolute atomic E-state index is 0.428. The number of hydrogen-bond acceptors (Lipinski definition) is 6. The fraction of sp³-hybridized carbons (Fsp3) is 0.273. The zero-order valence-electron chi connectivity index (χ0n) is 16.2. The minimum atomic E-state index is -0.570. The van der Waals surface area contributed by atoms with Crippen molar-refractivity contribution >= 4 is 5.95 Å². The molecule has 1 fully saturated rings. The van der Waals surface area contributed by atoms with Crippen molar-refractivity contribution in [2.75, 3.05) is 31.1 Å². The zero-order valence-corrected chi connectivity index (χ0v) is 16.2. The van der Waals surface area contributed by atoms with Gasteiger partial charge in [0, 0.05) is 56.7 Å². The molecule has 0 amide bonds. The summed E-state index contributed by atoms with van der Waals surface area (Å²) >= 11 is 0. The van der Waals surface area contributed by atoms with E-state index in [1.54, 1.807) is 24.5 Å². The molecule has 0 aliphatic carbocycles. The second-order valence-corrected chi connectivity index (χ2v) is 7.10. The number of halogens is 2. The number of rotatable bonds is 5. The van der Waals surface area contributed by atoms with Gasteiger partial charge in [0.15, 0.2) is 0 Å². The van der Waals surface area contributed by atoms with Crippen molar-refractivity contribution in [3.8, 4) is 6.07 Å². The Hall–Kier alpha value is -3.44. The number of anilines is 1. The molecule has 8 heteroatoms. The smallest absolute Gasteiger partial charge is 0.225 e.